The zero-order valence-electron chi connectivity index (χ0n) is 19.9. The number of non-ortho nitro benzene ring substituents is 1. The Morgan fingerprint density at radius 1 is 0.861 bits per heavy atom. The summed E-state index contributed by atoms with van der Waals surface area (Å²) >= 11 is 0. The van der Waals surface area contributed by atoms with E-state index in [2.05, 4.69) is 13.2 Å². The molecule has 0 aromatic heterocycles. The van der Waals surface area contributed by atoms with Crippen LogP contribution in [0.4, 0.5) is 5.69 Å². The SMILES string of the molecule is C=CC(=O)OCCCOCc1cc([N+](=O)[O-])ccc1/C=C/c1ccc(OCCCOC(=O)C=C)cc1. The Labute approximate surface area is 209 Å². The summed E-state index contributed by atoms with van der Waals surface area (Å²) in [4.78, 5) is 32.8. The number of carbonyl (C=O) groups is 2. The van der Waals surface area contributed by atoms with Crippen molar-refractivity contribution in [3.05, 3.63) is 94.6 Å². The van der Waals surface area contributed by atoms with E-state index in [0.29, 0.717) is 37.4 Å². The molecule has 0 aliphatic heterocycles. The number of nitrogens with zero attached hydrogens (tertiary/aromatic N) is 1. The normalized spacial score (nSPS) is 10.6. The van der Waals surface area contributed by atoms with E-state index in [1.807, 2.05) is 36.4 Å². The second kappa shape index (κ2) is 15.6. The van der Waals surface area contributed by atoms with E-state index in [1.54, 1.807) is 6.07 Å². The average Bonchev–Trinajstić information content (AvgIpc) is 2.89. The maximum Gasteiger partial charge on any atom is 0.330 e. The molecule has 0 aliphatic rings. The first-order valence-corrected chi connectivity index (χ1v) is 11.3. The van der Waals surface area contributed by atoms with E-state index in [1.165, 1.54) is 12.1 Å². The zero-order valence-corrected chi connectivity index (χ0v) is 19.9. The quantitative estimate of drug-likeness (QED) is 0.0807. The van der Waals surface area contributed by atoms with Crippen LogP contribution in [0.1, 0.15) is 29.5 Å². The van der Waals surface area contributed by atoms with Gasteiger partial charge in [-0.15, -0.1) is 0 Å². The minimum absolute atomic E-state index is 0.0218. The van der Waals surface area contributed by atoms with Gasteiger partial charge in [0, 0.05) is 37.1 Å². The van der Waals surface area contributed by atoms with E-state index in [0.717, 1.165) is 23.3 Å². The van der Waals surface area contributed by atoms with E-state index < -0.39 is 16.9 Å². The predicted molar refractivity (Wildman–Crippen MR) is 135 cm³/mol. The van der Waals surface area contributed by atoms with E-state index in [9.17, 15) is 19.7 Å². The van der Waals surface area contributed by atoms with Gasteiger partial charge >= 0.3 is 11.9 Å². The van der Waals surface area contributed by atoms with Crippen LogP contribution >= 0.6 is 0 Å². The summed E-state index contributed by atoms with van der Waals surface area (Å²) in [5, 5.41) is 11.2. The van der Waals surface area contributed by atoms with E-state index in [4.69, 9.17) is 18.9 Å². The van der Waals surface area contributed by atoms with Crippen molar-refractivity contribution in [2.24, 2.45) is 0 Å². The number of hydrogen-bond acceptors (Lipinski definition) is 8. The van der Waals surface area contributed by atoms with Crippen molar-refractivity contribution >= 4 is 29.8 Å². The van der Waals surface area contributed by atoms with E-state index in [-0.39, 0.29) is 25.5 Å². The molecule has 0 atom stereocenters. The highest BCUT2D eigenvalue weighted by molar-refractivity contribution is 5.81. The van der Waals surface area contributed by atoms with Crippen molar-refractivity contribution in [2.45, 2.75) is 19.4 Å². The largest absolute Gasteiger partial charge is 0.493 e. The van der Waals surface area contributed by atoms with Gasteiger partial charge in [-0.2, -0.15) is 0 Å². The third-order valence-corrected chi connectivity index (χ3v) is 4.74. The summed E-state index contributed by atoms with van der Waals surface area (Å²) in [5.41, 5.74) is 2.34. The smallest absolute Gasteiger partial charge is 0.330 e. The minimum Gasteiger partial charge on any atom is -0.493 e. The number of esters is 2. The Bertz CT molecular complexity index is 1080. The predicted octanol–water partition coefficient (Wildman–Crippen LogP) is 4.90. The van der Waals surface area contributed by atoms with Gasteiger partial charge in [-0.05, 0) is 34.9 Å². The zero-order chi connectivity index (χ0) is 26.2. The van der Waals surface area contributed by atoms with Crippen molar-refractivity contribution in [2.75, 3.05) is 26.4 Å². The molecule has 190 valence electrons. The summed E-state index contributed by atoms with van der Waals surface area (Å²) in [6.45, 7) is 8.03. The molecule has 0 amide bonds. The van der Waals surface area contributed by atoms with Gasteiger partial charge in [0.2, 0.25) is 0 Å². The number of nitro groups is 1. The van der Waals surface area contributed by atoms with Gasteiger partial charge in [-0.1, -0.05) is 37.4 Å². The van der Waals surface area contributed by atoms with Gasteiger partial charge < -0.3 is 18.9 Å². The first-order chi connectivity index (χ1) is 17.4. The molecule has 2 aromatic carbocycles. The molecule has 9 heteroatoms. The molecule has 0 aliphatic carbocycles. The van der Waals surface area contributed by atoms with Gasteiger partial charge in [-0.25, -0.2) is 9.59 Å². The standard InChI is InChI=1S/C27H29NO8/c1-3-26(29)35-17-5-15-33-20-23-19-24(28(31)32)12-11-22(23)10-7-21-8-13-25(14-9-21)34-16-6-18-36-27(30)4-2/h3-4,7-14,19H,1-2,5-6,15-18,20H2/b10-7+. The summed E-state index contributed by atoms with van der Waals surface area (Å²) in [6.07, 6.45) is 7.01. The summed E-state index contributed by atoms with van der Waals surface area (Å²) in [7, 11) is 0. The molecule has 0 N–H and O–H groups in total. The molecule has 0 saturated carbocycles. The van der Waals surface area contributed by atoms with Crippen LogP contribution in [-0.2, 0) is 30.4 Å². The van der Waals surface area contributed by atoms with Crippen LogP contribution in [0, 0.1) is 10.1 Å². The Hall–Kier alpha value is -4.24. The van der Waals surface area contributed by atoms with Crippen molar-refractivity contribution in [3.63, 3.8) is 0 Å². The molecule has 2 rings (SSSR count). The fraction of sp³-hybridized carbons (Fsp3) is 0.259. The number of ether oxygens (including phenoxy) is 4. The highest BCUT2D eigenvalue weighted by Gasteiger charge is 2.10. The number of hydrogen-bond donors (Lipinski definition) is 0. The summed E-state index contributed by atoms with van der Waals surface area (Å²) in [6, 6.07) is 12.0. The number of carbonyl (C=O) groups excluding carboxylic acids is 2. The molecule has 0 bridgehead atoms. The van der Waals surface area contributed by atoms with Crippen LogP contribution in [0.3, 0.4) is 0 Å². The highest BCUT2D eigenvalue weighted by atomic mass is 16.6. The Kier molecular flexibility index (Phi) is 12.2. The lowest BCUT2D eigenvalue weighted by atomic mass is 10.1. The van der Waals surface area contributed by atoms with Crippen LogP contribution in [0.25, 0.3) is 12.2 Å². The van der Waals surface area contributed by atoms with Crippen LogP contribution in [0.5, 0.6) is 5.75 Å². The Morgan fingerprint density at radius 2 is 1.50 bits per heavy atom. The van der Waals surface area contributed by atoms with Crippen LogP contribution < -0.4 is 4.74 Å². The molecule has 2 aromatic rings. The second-order valence-electron chi connectivity index (χ2n) is 7.39. The number of benzene rings is 2. The lowest BCUT2D eigenvalue weighted by Gasteiger charge is -2.09. The first kappa shape index (κ1) is 28.0. The molecule has 0 saturated heterocycles. The second-order valence-corrected chi connectivity index (χ2v) is 7.39. The van der Waals surface area contributed by atoms with Gasteiger partial charge in [-0.3, -0.25) is 10.1 Å². The number of nitro benzene ring substituents is 1. The monoisotopic (exact) mass is 495 g/mol. The Balaban J connectivity index is 1.91. The van der Waals surface area contributed by atoms with Crippen molar-refractivity contribution in [1.29, 1.82) is 0 Å². The topological polar surface area (TPSA) is 114 Å². The molecular formula is C27H29NO8. The number of rotatable bonds is 16. The molecule has 0 radical (unpaired) electrons. The maximum absolute atomic E-state index is 11.2. The maximum atomic E-state index is 11.2. The van der Waals surface area contributed by atoms with Crippen molar-refractivity contribution < 1.29 is 33.5 Å². The fourth-order valence-corrected chi connectivity index (χ4v) is 2.91. The lowest BCUT2D eigenvalue weighted by molar-refractivity contribution is -0.385. The van der Waals surface area contributed by atoms with Crippen LogP contribution in [0.15, 0.2) is 67.8 Å². The molecule has 9 nitrogen and oxygen atoms in total. The molecular weight excluding hydrogens is 466 g/mol. The van der Waals surface area contributed by atoms with Gasteiger partial charge in [0.05, 0.1) is 38.0 Å². The highest BCUT2D eigenvalue weighted by Crippen LogP contribution is 2.22. The minimum atomic E-state index is -0.493. The molecule has 0 unspecified atom stereocenters. The third-order valence-electron chi connectivity index (χ3n) is 4.74. The summed E-state index contributed by atoms with van der Waals surface area (Å²) < 4.78 is 21.0. The first-order valence-electron chi connectivity index (χ1n) is 11.3. The fourth-order valence-electron chi connectivity index (χ4n) is 2.91. The summed E-state index contributed by atoms with van der Waals surface area (Å²) in [5.74, 6) is -0.266. The van der Waals surface area contributed by atoms with Gasteiger partial charge in [0.1, 0.15) is 5.75 Å². The van der Waals surface area contributed by atoms with Crippen molar-refractivity contribution in [1.82, 2.24) is 0 Å². The Morgan fingerprint density at radius 3 is 2.11 bits per heavy atom. The van der Waals surface area contributed by atoms with Crippen molar-refractivity contribution in [3.8, 4) is 5.75 Å². The van der Waals surface area contributed by atoms with Gasteiger partial charge in [0.15, 0.2) is 0 Å². The molecule has 36 heavy (non-hydrogen) atoms. The molecule has 0 heterocycles. The third kappa shape index (κ3) is 10.4. The van der Waals surface area contributed by atoms with Gasteiger partial charge in [0.25, 0.3) is 5.69 Å². The molecule has 0 spiro atoms. The average molecular weight is 496 g/mol. The molecule has 0 fully saturated rings. The van der Waals surface area contributed by atoms with E-state index >= 15 is 0 Å². The lowest BCUT2D eigenvalue weighted by Crippen LogP contribution is -2.06. The van der Waals surface area contributed by atoms with Crippen LogP contribution in [0.2, 0.25) is 0 Å². The van der Waals surface area contributed by atoms with Crippen LogP contribution in [-0.4, -0.2) is 43.3 Å².